The summed E-state index contributed by atoms with van der Waals surface area (Å²) in [5.74, 6) is -0.612. The van der Waals surface area contributed by atoms with Crippen LogP contribution >= 0.6 is 11.3 Å². The van der Waals surface area contributed by atoms with E-state index in [-0.39, 0.29) is 74.1 Å². The van der Waals surface area contributed by atoms with Gasteiger partial charge < -0.3 is 30.2 Å². The van der Waals surface area contributed by atoms with Crippen molar-refractivity contribution in [3.63, 3.8) is 0 Å². The molecule has 2 atom stereocenters. The molecule has 3 N–H and O–H groups in total. The molecule has 3 aromatic heterocycles. The van der Waals surface area contributed by atoms with E-state index < -0.39 is 11.6 Å². The molecular formula is C33H36F2N8O3S. The van der Waals surface area contributed by atoms with Crippen molar-refractivity contribution in [1.82, 2.24) is 25.2 Å². The summed E-state index contributed by atoms with van der Waals surface area (Å²) in [4.78, 5) is 18.8. The average Bonchev–Trinajstić information content (AvgIpc) is 3.74. The Bertz CT molecular complexity index is 1920. The number of aromatic nitrogens is 3. The lowest BCUT2D eigenvalue weighted by Crippen LogP contribution is -2.52. The van der Waals surface area contributed by atoms with Crippen molar-refractivity contribution in [2.75, 3.05) is 63.2 Å². The smallest absolute Gasteiger partial charge is 0.319 e. The number of piperazine rings is 1. The first-order valence-electron chi connectivity index (χ1n) is 16.1. The topological polar surface area (TPSA) is 135 Å². The molecule has 2 bridgehead atoms. The Morgan fingerprint density at radius 3 is 2.60 bits per heavy atom. The minimum absolute atomic E-state index is 0.0754. The van der Waals surface area contributed by atoms with Crippen LogP contribution in [0.25, 0.3) is 32.2 Å². The molecular weight excluding hydrogens is 626 g/mol. The van der Waals surface area contributed by atoms with Crippen molar-refractivity contribution >= 4 is 43.1 Å². The number of pyridine rings is 1. The molecule has 0 spiro atoms. The SMILES string of the molecule is CC(C)(COc1nc(N2C3CCC2CNC3)c2c3c(c(-c4ncc(F)c5sc(N)c(C#N)c45)c(F)c2n1)COC3)CN1CCOCC1. The molecule has 14 heteroatoms. The predicted molar refractivity (Wildman–Crippen MR) is 174 cm³/mol. The molecule has 0 aliphatic carbocycles. The molecule has 246 valence electrons. The first kappa shape index (κ1) is 30.6. The van der Waals surface area contributed by atoms with Crippen LogP contribution in [0.1, 0.15) is 43.4 Å². The van der Waals surface area contributed by atoms with Gasteiger partial charge in [0.2, 0.25) is 0 Å². The van der Waals surface area contributed by atoms with Gasteiger partial charge >= 0.3 is 6.01 Å². The van der Waals surface area contributed by atoms with E-state index in [0.717, 1.165) is 68.7 Å². The third-order valence-corrected chi connectivity index (χ3v) is 10.8. The Labute approximate surface area is 274 Å². The monoisotopic (exact) mass is 662 g/mol. The highest BCUT2D eigenvalue weighted by atomic mass is 32.1. The Morgan fingerprint density at radius 2 is 1.85 bits per heavy atom. The fraction of sp³-hybridized carbons (Fsp3) is 0.515. The predicted octanol–water partition coefficient (Wildman–Crippen LogP) is 4.35. The maximum Gasteiger partial charge on any atom is 0.319 e. The van der Waals surface area contributed by atoms with Gasteiger partial charge in [0.25, 0.3) is 0 Å². The number of nitrogens with one attached hydrogen (secondary N) is 1. The number of morpholine rings is 1. The fourth-order valence-corrected chi connectivity index (χ4v) is 8.59. The summed E-state index contributed by atoms with van der Waals surface area (Å²) in [5.41, 5.74) is 7.70. The maximum absolute atomic E-state index is 17.3. The van der Waals surface area contributed by atoms with Gasteiger partial charge in [-0.2, -0.15) is 15.2 Å². The van der Waals surface area contributed by atoms with E-state index in [4.69, 9.17) is 29.9 Å². The number of nitriles is 1. The van der Waals surface area contributed by atoms with Crippen molar-refractivity contribution < 1.29 is 23.0 Å². The van der Waals surface area contributed by atoms with E-state index >= 15 is 4.39 Å². The second-order valence-electron chi connectivity index (χ2n) is 13.6. The van der Waals surface area contributed by atoms with Crippen LogP contribution in [0.2, 0.25) is 0 Å². The van der Waals surface area contributed by atoms with Gasteiger partial charge in [0, 0.05) is 61.2 Å². The molecule has 7 heterocycles. The largest absolute Gasteiger partial charge is 0.463 e. The van der Waals surface area contributed by atoms with Crippen molar-refractivity contribution in [3.05, 3.63) is 34.5 Å². The zero-order valence-electron chi connectivity index (χ0n) is 26.4. The molecule has 2 unspecified atom stereocenters. The lowest BCUT2D eigenvalue weighted by atomic mass is 9.93. The van der Waals surface area contributed by atoms with Gasteiger partial charge in [0.05, 0.1) is 60.6 Å². The fourth-order valence-electron chi connectivity index (χ4n) is 7.67. The molecule has 0 radical (unpaired) electrons. The Balaban J connectivity index is 1.30. The lowest BCUT2D eigenvalue weighted by Gasteiger charge is -2.37. The number of nitrogens with two attached hydrogens (primary N) is 1. The van der Waals surface area contributed by atoms with Crippen molar-refractivity contribution in [2.24, 2.45) is 5.41 Å². The zero-order chi connectivity index (χ0) is 32.4. The molecule has 4 aliphatic rings. The van der Waals surface area contributed by atoms with Gasteiger partial charge in [-0.25, -0.2) is 8.78 Å². The Kier molecular flexibility index (Phi) is 7.64. The van der Waals surface area contributed by atoms with Gasteiger partial charge in [-0.1, -0.05) is 13.8 Å². The summed E-state index contributed by atoms with van der Waals surface area (Å²) in [6, 6.07) is 2.57. The number of nitrogens with zero attached hydrogens (tertiary/aromatic N) is 6. The Hall–Kier alpha value is -3.74. The van der Waals surface area contributed by atoms with Crippen LogP contribution in [-0.2, 0) is 22.7 Å². The normalized spacial score (nSPS) is 21.5. The molecule has 11 nitrogen and oxygen atoms in total. The van der Waals surface area contributed by atoms with Crippen LogP contribution in [0.4, 0.5) is 19.6 Å². The second-order valence-corrected chi connectivity index (χ2v) is 14.6. The van der Waals surface area contributed by atoms with Gasteiger partial charge in [0.1, 0.15) is 22.4 Å². The third kappa shape index (κ3) is 5.16. The van der Waals surface area contributed by atoms with E-state index in [0.29, 0.717) is 36.6 Å². The van der Waals surface area contributed by atoms with Crippen LogP contribution in [0.3, 0.4) is 0 Å². The van der Waals surface area contributed by atoms with Crippen LogP contribution in [0.15, 0.2) is 6.20 Å². The minimum atomic E-state index is -0.637. The highest BCUT2D eigenvalue weighted by molar-refractivity contribution is 7.23. The lowest BCUT2D eigenvalue weighted by molar-refractivity contribution is 0.0125. The van der Waals surface area contributed by atoms with Crippen molar-refractivity contribution in [3.8, 4) is 23.3 Å². The zero-order valence-corrected chi connectivity index (χ0v) is 27.2. The van der Waals surface area contributed by atoms with Crippen LogP contribution in [0, 0.1) is 28.4 Å². The van der Waals surface area contributed by atoms with Crippen molar-refractivity contribution in [1.29, 1.82) is 5.26 Å². The molecule has 4 aliphatic heterocycles. The number of benzene rings is 1. The second kappa shape index (κ2) is 11.7. The van der Waals surface area contributed by atoms with E-state index in [2.05, 4.69) is 40.0 Å². The quantitative estimate of drug-likeness (QED) is 0.293. The molecule has 3 saturated heterocycles. The number of hydrogen-bond acceptors (Lipinski definition) is 12. The first-order chi connectivity index (χ1) is 22.7. The number of anilines is 2. The molecule has 1 aromatic carbocycles. The molecule has 8 rings (SSSR count). The van der Waals surface area contributed by atoms with Gasteiger partial charge in [-0.3, -0.25) is 9.88 Å². The van der Waals surface area contributed by atoms with E-state index in [1.807, 2.05) is 0 Å². The molecule has 47 heavy (non-hydrogen) atoms. The van der Waals surface area contributed by atoms with Gasteiger partial charge in [0.15, 0.2) is 11.6 Å². The molecule has 0 saturated carbocycles. The van der Waals surface area contributed by atoms with Crippen LogP contribution in [0.5, 0.6) is 6.01 Å². The summed E-state index contributed by atoms with van der Waals surface area (Å²) < 4.78 is 50.2. The molecule has 0 amide bonds. The van der Waals surface area contributed by atoms with Gasteiger partial charge in [-0.05, 0) is 24.0 Å². The number of halogens is 2. The van der Waals surface area contributed by atoms with E-state index in [9.17, 15) is 9.65 Å². The van der Waals surface area contributed by atoms with Crippen molar-refractivity contribution in [2.45, 2.75) is 52.0 Å². The summed E-state index contributed by atoms with van der Waals surface area (Å²) in [5, 5.41) is 14.4. The standard InChI is InChI=1S/C33H36F2N8O3S/c1-33(2,15-42-5-7-44-8-6-42)16-46-32-40-28-25(31(41-32)43-17-3-4-18(43)11-38-10-17)21-14-45-13-20(21)23(26(28)35)27-24-19(9-36)30(37)47-29(24)22(34)12-39-27/h12,17-18,38H,3-8,10-11,13-16,37H2,1-2H3. The molecule has 4 aromatic rings. The number of fused-ring (bicyclic) bond motifs is 6. The summed E-state index contributed by atoms with van der Waals surface area (Å²) in [6.45, 7) is 10.5. The summed E-state index contributed by atoms with van der Waals surface area (Å²) in [6.07, 6.45) is 3.05. The maximum atomic E-state index is 17.3. The van der Waals surface area contributed by atoms with Crippen LogP contribution < -0.4 is 20.7 Å². The molecule has 3 fully saturated rings. The number of hydrogen-bond donors (Lipinski definition) is 2. The third-order valence-electron chi connectivity index (χ3n) is 9.77. The van der Waals surface area contributed by atoms with E-state index in [1.54, 1.807) is 0 Å². The average molecular weight is 663 g/mol. The number of rotatable bonds is 7. The Morgan fingerprint density at radius 1 is 1.11 bits per heavy atom. The van der Waals surface area contributed by atoms with Crippen LogP contribution in [-0.4, -0.2) is 84.5 Å². The highest BCUT2D eigenvalue weighted by Gasteiger charge is 2.41. The number of thiophene rings is 1. The number of ether oxygens (including phenoxy) is 3. The highest BCUT2D eigenvalue weighted by Crippen LogP contribution is 2.47. The number of nitrogen functional groups attached to an aromatic ring is 1. The minimum Gasteiger partial charge on any atom is -0.463 e. The summed E-state index contributed by atoms with van der Waals surface area (Å²) in [7, 11) is 0. The first-order valence-corrected chi connectivity index (χ1v) is 16.9. The van der Waals surface area contributed by atoms with Gasteiger partial charge in [-0.15, -0.1) is 11.3 Å². The van der Waals surface area contributed by atoms with E-state index in [1.165, 1.54) is 0 Å². The summed E-state index contributed by atoms with van der Waals surface area (Å²) >= 11 is 0.952.